The summed E-state index contributed by atoms with van der Waals surface area (Å²) < 4.78 is 34.5. The number of hydroxylamine groups is 3. The molecule has 240 valence electrons. The van der Waals surface area contributed by atoms with Gasteiger partial charge in [-0.15, -0.1) is 4.28 Å². The Balaban J connectivity index is 0.00000588. The predicted molar refractivity (Wildman–Crippen MR) is 157 cm³/mol. The van der Waals surface area contributed by atoms with E-state index >= 15 is 0 Å². The first-order chi connectivity index (χ1) is 19.2. The molecule has 1 unspecified atom stereocenters. The second-order valence-corrected chi connectivity index (χ2v) is 13.8. The van der Waals surface area contributed by atoms with Crippen LogP contribution in [0.25, 0.3) is 0 Å². The molecule has 1 aliphatic carbocycles. The maximum absolute atomic E-state index is 14.1. The molecule has 2 saturated heterocycles. The van der Waals surface area contributed by atoms with E-state index in [1.807, 2.05) is 6.92 Å². The zero-order chi connectivity index (χ0) is 29.2. The summed E-state index contributed by atoms with van der Waals surface area (Å²) in [6, 6.07) is -1.63. The van der Waals surface area contributed by atoms with E-state index in [2.05, 4.69) is 26.3 Å². The van der Waals surface area contributed by atoms with Crippen molar-refractivity contribution in [1.29, 1.82) is 0 Å². The van der Waals surface area contributed by atoms with Gasteiger partial charge in [0.2, 0.25) is 5.37 Å². The Morgan fingerprint density at radius 3 is 2.05 bits per heavy atom. The number of rotatable bonds is 18. The van der Waals surface area contributed by atoms with E-state index in [0.29, 0.717) is 30.2 Å². The molecule has 2 bridgehead atoms. The number of nitrogens with zero attached hydrogens (tertiary/aromatic N) is 3. The number of nitrogens with one attached hydrogen (secondary N) is 1. The summed E-state index contributed by atoms with van der Waals surface area (Å²) in [5.74, 6) is -0.347. The average molecular weight is 605 g/mol. The van der Waals surface area contributed by atoms with Crippen LogP contribution in [0.3, 0.4) is 0 Å². The zero-order valence-corrected chi connectivity index (χ0v) is 26.7. The summed E-state index contributed by atoms with van der Waals surface area (Å²) in [5, 5.41) is 0.329. The number of piperidine rings is 1. The summed E-state index contributed by atoms with van der Waals surface area (Å²) in [4.78, 5) is 33.6. The van der Waals surface area contributed by atoms with Crippen LogP contribution in [0.1, 0.15) is 124 Å². The molecule has 0 aromatic carbocycles. The molecule has 12 heteroatoms. The van der Waals surface area contributed by atoms with E-state index in [1.165, 1.54) is 11.3 Å². The van der Waals surface area contributed by atoms with Gasteiger partial charge in [-0.1, -0.05) is 66.2 Å². The smallest absolute Gasteiger partial charge is 0.346 e. The number of carbonyl (C=O) groups is 2. The van der Waals surface area contributed by atoms with Crippen molar-refractivity contribution in [3.63, 3.8) is 0 Å². The molecular weight excluding hydrogens is 548 g/mol. The maximum atomic E-state index is 14.1. The predicted octanol–water partition coefficient (Wildman–Crippen LogP) is 5.06. The lowest BCUT2D eigenvalue weighted by Crippen LogP contribution is -2.61. The van der Waals surface area contributed by atoms with Gasteiger partial charge in [0.25, 0.3) is 5.91 Å². The molecular formula is C29H56N4O7S. The minimum Gasteiger partial charge on any atom is -0.870 e. The molecule has 2 N–H and O–H groups in total. The zero-order valence-electron chi connectivity index (χ0n) is 25.9. The van der Waals surface area contributed by atoms with Gasteiger partial charge in [0, 0.05) is 13.0 Å². The Hall–Kier alpha value is -1.47. The van der Waals surface area contributed by atoms with Crippen molar-refractivity contribution >= 4 is 22.1 Å². The van der Waals surface area contributed by atoms with E-state index in [9.17, 15) is 18.0 Å². The van der Waals surface area contributed by atoms with Crippen molar-refractivity contribution in [3.8, 4) is 0 Å². The monoisotopic (exact) mass is 604 g/mol. The fraction of sp³-hybridized carbons (Fsp3) is 0.931. The van der Waals surface area contributed by atoms with Crippen LogP contribution in [-0.4, -0.2) is 90.0 Å². The van der Waals surface area contributed by atoms with E-state index in [0.717, 1.165) is 88.9 Å². The summed E-state index contributed by atoms with van der Waals surface area (Å²) in [7, 11) is -4.13. The molecule has 0 aromatic heterocycles. The number of quaternary nitrogens is 1. The van der Waals surface area contributed by atoms with Gasteiger partial charge in [-0.25, -0.2) is 10.3 Å². The van der Waals surface area contributed by atoms with Gasteiger partial charge in [0.15, 0.2) is 0 Å². The second kappa shape index (κ2) is 17.0. The molecule has 1 saturated carbocycles. The molecule has 2 heterocycles. The highest BCUT2D eigenvalue weighted by Crippen LogP contribution is 2.34. The third-order valence-electron chi connectivity index (χ3n) is 9.04. The van der Waals surface area contributed by atoms with Crippen molar-refractivity contribution in [2.24, 2.45) is 0 Å². The molecule has 11 nitrogen and oxygen atoms in total. The lowest BCUT2D eigenvalue weighted by atomic mass is 9.98. The van der Waals surface area contributed by atoms with Crippen LogP contribution >= 0.6 is 0 Å². The van der Waals surface area contributed by atoms with E-state index in [1.54, 1.807) is 0 Å². The van der Waals surface area contributed by atoms with Crippen molar-refractivity contribution in [2.75, 3.05) is 26.2 Å². The van der Waals surface area contributed by atoms with Crippen LogP contribution in [0.5, 0.6) is 0 Å². The van der Waals surface area contributed by atoms with Crippen LogP contribution < -0.4 is 5.48 Å². The summed E-state index contributed by atoms with van der Waals surface area (Å²) in [6.07, 6.45) is 13.2. The first-order valence-electron chi connectivity index (χ1n) is 16.1. The third-order valence-corrected chi connectivity index (χ3v) is 10.8. The van der Waals surface area contributed by atoms with Gasteiger partial charge in [-0.05, 0) is 51.4 Å². The van der Waals surface area contributed by atoms with Crippen LogP contribution in [-0.2, 0) is 24.0 Å². The SMILES string of the molecule is CCCC[N+](CCCC)(CCCC)C(CCC)S(=O)(=O)ON1C(=O)N2C[C@H]1CC[C@H]2C(=O)NOC1CCCCC1.[OH-]. The van der Waals surface area contributed by atoms with Crippen LogP contribution in [0.15, 0.2) is 0 Å². The molecule has 3 aliphatic rings. The summed E-state index contributed by atoms with van der Waals surface area (Å²) in [5.41, 5.74) is 2.59. The van der Waals surface area contributed by atoms with Gasteiger partial charge in [0.05, 0.1) is 31.8 Å². The molecule has 3 rings (SSSR count). The van der Waals surface area contributed by atoms with Crippen LogP contribution in [0, 0.1) is 0 Å². The molecule has 41 heavy (non-hydrogen) atoms. The molecule has 3 amide bonds. The molecule has 3 fully saturated rings. The Labute approximate surface area is 248 Å². The van der Waals surface area contributed by atoms with Crippen molar-refractivity contribution in [1.82, 2.24) is 15.4 Å². The number of hydrogen-bond donors (Lipinski definition) is 1. The Morgan fingerprint density at radius 2 is 1.51 bits per heavy atom. The maximum Gasteiger partial charge on any atom is 0.346 e. The standard InChI is InChI=1S/C29H54N4O6S.H2O/c1-5-9-20-33(21-10-6-2,22-11-7-3)27(15-8-4)40(36,37)39-32-24-18-19-26(31(23-24)29(32)35)28(34)30-38-25-16-13-12-14-17-25;/h24-27H,5-23H2,1-4H3;1H2/t24-,26+,27?;/m1./s1. The second-order valence-electron chi connectivity index (χ2n) is 12.1. The van der Waals surface area contributed by atoms with Crippen LogP contribution in [0.2, 0.25) is 0 Å². The first-order valence-corrected chi connectivity index (χ1v) is 17.5. The Kier molecular flexibility index (Phi) is 14.8. The Morgan fingerprint density at radius 1 is 0.927 bits per heavy atom. The molecule has 0 radical (unpaired) electrons. The van der Waals surface area contributed by atoms with Crippen molar-refractivity contribution in [3.05, 3.63) is 0 Å². The number of fused-ring (bicyclic) bond motifs is 2. The first kappa shape index (κ1) is 35.7. The normalized spacial score (nSPS) is 22.5. The third kappa shape index (κ3) is 9.01. The number of urea groups is 1. The van der Waals surface area contributed by atoms with Crippen molar-refractivity contribution in [2.45, 2.75) is 148 Å². The fourth-order valence-electron chi connectivity index (χ4n) is 6.68. The fourth-order valence-corrected chi connectivity index (χ4v) is 8.58. The van der Waals surface area contributed by atoms with Crippen LogP contribution in [0.4, 0.5) is 4.79 Å². The number of amides is 3. The van der Waals surface area contributed by atoms with Crippen molar-refractivity contribution < 1.29 is 37.1 Å². The molecule has 2 aliphatic heterocycles. The lowest BCUT2D eigenvalue weighted by molar-refractivity contribution is -0.939. The largest absolute Gasteiger partial charge is 0.870 e. The van der Waals surface area contributed by atoms with Gasteiger partial charge in [-0.3, -0.25) is 9.63 Å². The van der Waals surface area contributed by atoms with E-state index in [4.69, 9.17) is 9.12 Å². The van der Waals surface area contributed by atoms with E-state index < -0.39 is 33.6 Å². The minimum absolute atomic E-state index is 0. The highest BCUT2D eigenvalue weighted by Gasteiger charge is 2.52. The number of hydrogen-bond acceptors (Lipinski definition) is 7. The van der Waals surface area contributed by atoms with Gasteiger partial charge < -0.3 is 14.9 Å². The van der Waals surface area contributed by atoms with E-state index in [-0.39, 0.29) is 24.0 Å². The minimum atomic E-state index is -4.13. The average Bonchev–Trinajstić information content (AvgIpc) is 3.19. The topological polar surface area (TPSA) is 135 Å². The van der Waals surface area contributed by atoms with Gasteiger partial charge in [-0.2, -0.15) is 13.5 Å². The lowest BCUT2D eigenvalue weighted by Gasteiger charge is -2.44. The number of carbonyl (C=O) groups excluding carboxylic acids is 2. The Bertz CT molecular complexity index is 891. The number of unbranched alkanes of at least 4 members (excludes halogenated alkanes) is 3. The molecule has 3 atom stereocenters. The summed E-state index contributed by atoms with van der Waals surface area (Å²) >= 11 is 0. The highest BCUT2D eigenvalue weighted by molar-refractivity contribution is 7.87. The summed E-state index contributed by atoms with van der Waals surface area (Å²) in [6.45, 7) is 11.1. The quantitative estimate of drug-likeness (QED) is 0.171. The molecule has 0 aromatic rings. The highest BCUT2D eigenvalue weighted by atomic mass is 32.2. The van der Waals surface area contributed by atoms with Gasteiger partial charge in [0.1, 0.15) is 6.04 Å². The van der Waals surface area contributed by atoms with Gasteiger partial charge >= 0.3 is 16.1 Å². The molecule has 0 spiro atoms.